The predicted molar refractivity (Wildman–Crippen MR) is 99.7 cm³/mol. The van der Waals surface area contributed by atoms with E-state index in [1.54, 1.807) is 6.07 Å². The van der Waals surface area contributed by atoms with Crippen LogP contribution in [0, 0.1) is 13.8 Å². The maximum atomic E-state index is 12.1. The van der Waals surface area contributed by atoms with E-state index in [2.05, 4.69) is 33.7 Å². The van der Waals surface area contributed by atoms with Gasteiger partial charge < -0.3 is 14.4 Å². The first kappa shape index (κ1) is 18.2. The van der Waals surface area contributed by atoms with Crippen LogP contribution in [-0.2, 0) is 17.9 Å². The Kier molecular flexibility index (Phi) is 5.72. The van der Waals surface area contributed by atoms with E-state index in [1.165, 1.54) is 11.8 Å². The van der Waals surface area contributed by atoms with Gasteiger partial charge in [-0.2, -0.15) is 0 Å². The Balaban J connectivity index is 1.63. The second kappa shape index (κ2) is 8.18. The number of carbonyl (C=O) groups is 1. The Hall–Kier alpha value is -2.61. The molecule has 0 saturated heterocycles. The fourth-order valence-electron chi connectivity index (χ4n) is 2.58. The van der Waals surface area contributed by atoms with E-state index in [0.717, 1.165) is 34.4 Å². The summed E-state index contributed by atoms with van der Waals surface area (Å²) in [5.41, 5.74) is 2.91. The standard InChI is InChI=1S/C18H21N5O2S/c1-4-23-17(15-8-6-5-7-12(15)2)20-21-18(23)26-11-16(24)19-10-14-9-13(3)25-22-14/h5-9H,4,10-11H2,1-3H3,(H,19,24). The molecule has 2 aromatic heterocycles. The minimum Gasteiger partial charge on any atom is -0.361 e. The molecule has 0 aliphatic rings. The molecule has 0 bridgehead atoms. The lowest BCUT2D eigenvalue weighted by Gasteiger charge is -2.09. The van der Waals surface area contributed by atoms with Crippen LogP contribution in [0.15, 0.2) is 40.0 Å². The number of nitrogens with one attached hydrogen (secondary N) is 1. The van der Waals surface area contributed by atoms with E-state index in [4.69, 9.17) is 4.52 Å². The van der Waals surface area contributed by atoms with E-state index in [9.17, 15) is 4.79 Å². The zero-order valence-electron chi connectivity index (χ0n) is 15.0. The van der Waals surface area contributed by atoms with Crippen LogP contribution < -0.4 is 5.32 Å². The zero-order chi connectivity index (χ0) is 18.5. The fraction of sp³-hybridized carbons (Fsp3) is 0.333. The monoisotopic (exact) mass is 371 g/mol. The smallest absolute Gasteiger partial charge is 0.230 e. The Morgan fingerprint density at radius 2 is 2.08 bits per heavy atom. The van der Waals surface area contributed by atoms with Crippen LogP contribution in [-0.4, -0.2) is 31.6 Å². The third-order valence-corrected chi connectivity index (χ3v) is 4.86. The van der Waals surface area contributed by atoms with Gasteiger partial charge in [-0.05, 0) is 26.3 Å². The molecule has 0 fully saturated rings. The van der Waals surface area contributed by atoms with Crippen LogP contribution in [0.4, 0.5) is 0 Å². The summed E-state index contributed by atoms with van der Waals surface area (Å²) in [4.78, 5) is 12.1. The summed E-state index contributed by atoms with van der Waals surface area (Å²) in [6.07, 6.45) is 0. The average Bonchev–Trinajstić information content (AvgIpc) is 3.24. The summed E-state index contributed by atoms with van der Waals surface area (Å²) < 4.78 is 7.01. The van der Waals surface area contributed by atoms with E-state index < -0.39 is 0 Å². The number of benzene rings is 1. The van der Waals surface area contributed by atoms with Gasteiger partial charge in [0.05, 0.1) is 12.3 Å². The molecule has 3 aromatic rings. The van der Waals surface area contributed by atoms with Crippen molar-refractivity contribution in [1.29, 1.82) is 0 Å². The summed E-state index contributed by atoms with van der Waals surface area (Å²) in [6.45, 7) is 7.00. The first-order valence-electron chi connectivity index (χ1n) is 8.39. The Morgan fingerprint density at radius 1 is 1.27 bits per heavy atom. The van der Waals surface area contributed by atoms with Crippen molar-refractivity contribution < 1.29 is 9.32 Å². The van der Waals surface area contributed by atoms with Gasteiger partial charge in [0.25, 0.3) is 0 Å². The maximum absolute atomic E-state index is 12.1. The summed E-state index contributed by atoms with van der Waals surface area (Å²) >= 11 is 1.37. The molecule has 0 aliphatic carbocycles. The second-order valence-corrected chi connectivity index (χ2v) is 6.80. The van der Waals surface area contributed by atoms with Crippen molar-refractivity contribution >= 4 is 17.7 Å². The van der Waals surface area contributed by atoms with Crippen molar-refractivity contribution in [1.82, 2.24) is 25.2 Å². The third-order valence-electron chi connectivity index (χ3n) is 3.89. The van der Waals surface area contributed by atoms with E-state index in [0.29, 0.717) is 12.2 Å². The minimum atomic E-state index is -0.0845. The van der Waals surface area contributed by atoms with Gasteiger partial charge in [-0.25, -0.2) is 0 Å². The van der Waals surface area contributed by atoms with E-state index >= 15 is 0 Å². The summed E-state index contributed by atoms with van der Waals surface area (Å²) in [5.74, 6) is 1.73. The number of aromatic nitrogens is 4. The highest BCUT2D eigenvalue weighted by Crippen LogP contribution is 2.26. The SMILES string of the molecule is CCn1c(SCC(=O)NCc2cc(C)on2)nnc1-c1ccccc1C. The number of thioether (sulfide) groups is 1. The molecule has 0 unspecified atom stereocenters. The van der Waals surface area contributed by atoms with Gasteiger partial charge in [-0.1, -0.05) is 41.2 Å². The maximum Gasteiger partial charge on any atom is 0.230 e. The van der Waals surface area contributed by atoms with Gasteiger partial charge in [0.2, 0.25) is 5.91 Å². The van der Waals surface area contributed by atoms with Crippen molar-refractivity contribution in [3.63, 3.8) is 0 Å². The summed E-state index contributed by atoms with van der Waals surface area (Å²) in [5, 5.41) is 16.0. The highest BCUT2D eigenvalue weighted by atomic mass is 32.2. The fourth-order valence-corrected chi connectivity index (χ4v) is 3.41. The summed E-state index contributed by atoms with van der Waals surface area (Å²) in [7, 11) is 0. The molecule has 0 radical (unpaired) electrons. The number of nitrogens with zero attached hydrogens (tertiary/aromatic N) is 4. The third kappa shape index (κ3) is 4.13. The molecule has 0 aliphatic heterocycles. The van der Waals surface area contributed by atoms with Gasteiger partial charge in [0.1, 0.15) is 11.5 Å². The topological polar surface area (TPSA) is 85.8 Å². The van der Waals surface area contributed by atoms with Crippen LogP contribution in [0.2, 0.25) is 0 Å². The average molecular weight is 371 g/mol. The number of hydrogen-bond donors (Lipinski definition) is 1. The molecule has 1 aromatic carbocycles. The second-order valence-electron chi connectivity index (χ2n) is 5.86. The Labute approximate surface area is 156 Å². The Bertz CT molecular complexity index is 903. The molecule has 2 heterocycles. The molecule has 3 rings (SSSR count). The molecule has 1 amide bonds. The number of hydrogen-bond acceptors (Lipinski definition) is 6. The quantitative estimate of drug-likeness (QED) is 0.643. The van der Waals surface area contributed by atoms with Gasteiger partial charge in [0, 0.05) is 18.2 Å². The van der Waals surface area contributed by atoms with Crippen molar-refractivity contribution in [3.8, 4) is 11.4 Å². The molecule has 8 heteroatoms. The van der Waals surface area contributed by atoms with E-state index in [1.807, 2.05) is 36.6 Å². The number of aryl methyl sites for hydroxylation is 2. The van der Waals surface area contributed by atoms with Crippen LogP contribution in [0.5, 0.6) is 0 Å². The number of amides is 1. The van der Waals surface area contributed by atoms with E-state index in [-0.39, 0.29) is 11.7 Å². The van der Waals surface area contributed by atoms with Gasteiger partial charge in [0.15, 0.2) is 11.0 Å². The Morgan fingerprint density at radius 3 is 2.77 bits per heavy atom. The van der Waals surface area contributed by atoms with Crippen LogP contribution in [0.1, 0.15) is 23.9 Å². The van der Waals surface area contributed by atoms with Crippen molar-refractivity contribution in [3.05, 3.63) is 47.3 Å². The first-order chi connectivity index (χ1) is 12.6. The predicted octanol–water partition coefficient (Wildman–Crippen LogP) is 2.98. The minimum absolute atomic E-state index is 0.0845. The molecule has 26 heavy (non-hydrogen) atoms. The lowest BCUT2D eigenvalue weighted by atomic mass is 10.1. The molecular weight excluding hydrogens is 350 g/mol. The normalized spacial score (nSPS) is 10.9. The molecule has 7 nitrogen and oxygen atoms in total. The molecule has 136 valence electrons. The lowest BCUT2D eigenvalue weighted by molar-refractivity contribution is -0.118. The van der Waals surface area contributed by atoms with Crippen molar-refractivity contribution in [2.24, 2.45) is 0 Å². The van der Waals surface area contributed by atoms with Crippen LogP contribution >= 0.6 is 11.8 Å². The van der Waals surface area contributed by atoms with Crippen molar-refractivity contribution in [2.45, 2.75) is 39.0 Å². The van der Waals surface area contributed by atoms with Gasteiger partial charge in [-0.15, -0.1) is 10.2 Å². The number of carbonyl (C=O) groups excluding carboxylic acids is 1. The number of rotatable bonds is 7. The highest BCUT2D eigenvalue weighted by Gasteiger charge is 2.15. The molecule has 0 saturated carbocycles. The largest absolute Gasteiger partial charge is 0.361 e. The molecule has 0 atom stereocenters. The summed E-state index contributed by atoms with van der Waals surface area (Å²) in [6, 6.07) is 9.88. The van der Waals surface area contributed by atoms with Crippen molar-refractivity contribution in [2.75, 3.05) is 5.75 Å². The van der Waals surface area contributed by atoms with Crippen LogP contribution in [0.3, 0.4) is 0 Å². The molecular formula is C18H21N5O2S. The van der Waals surface area contributed by atoms with Crippen LogP contribution in [0.25, 0.3) is 11.4 Å². The first-order valence-corrected chi connectivity index (χ1v) is 9.38. The molecule has 1 N–H and O–H groups in total. The van der Waals surface area contributed by atoms with Gasteiger partial charge >= 0.3 is 0 Å². The zero-order valence-corrected chi connectivity index (χ0v) is 15.8. The molecule has 0 spiro atoms. The lowest BCUT2D eigenvalue weighted by Crippen LogP contribution is -2.24. The highest BCUT2D eigenvalue weighted by molar-refractivity contribution is 7.99. The van der Waals surface area contributed by atoms with Gasteiger partial charge in [-0.3, -0.25) is 4.79 Å².